The van der Waals surface area contributed by atoms with Crippen molar-refractivity contribution in [2.24, 2.45) is 0 Å². The van der Waals surface area contributed by atoms with Gasteiger partial charge in [-0.25, -0.2) is 14.2 Å². The second-order valence-corrected chi connectivity index (χ2v) is 7.61. The van der Waals surface area contributed by atoms with E-state index in [2.05, 4.69) is 20.0 Å². The molecule has 160 valence electrons. The fourth-order valence-corrected chi connectivity index (χ4v) is 3.63. The zero-order valence-electron chi connectivity index (χ0n) is 16.9. The van der Waals surface area contributed by atoms with E-state index < -0.39 is 5.97 Å². The molecule has 0 saturated carbocycles. The minimum Gasteiger partial charge on any atom is -0.465 e. The van der Waals surface area contributed by atoms with Crippen molar-refractivity contribution >= 4 is 29.3 Å². The highest BCUT2D eigenvalue weighted by Gasteiger charge is 2.14. The van der Waals surface area contributed by atoms with E-state index in [4.69, 9.17) is 0 Å². The van der Waals surface area contributed by atoms with Crippen LogP contribution in [0.4, 0.5) is 10.1 Å². The number of thioether (sulfide) groups is 1. The average Bonchev–Trinajstić information content (AvgIpc) is 2.76. The van der Waals surface area contributed by atoms with E-state index in [0.717, 1.165) is 5.56 Å². The standard InChI is InChI=1S/C22H20FN3O4S/c1-13-18(11-19(27)25-17-9-5-15(6-10-17)21(29)30-2)20(28)26-22(24-13)31-12-14-3-7-16(23)8-4-14/h3-10H,11-12H2,1-2H3,(H,25,27)(H,24,26,28). The summed E-state index contributed by atoms with van der Waals surface area (Å²) in [6.45, 7) is 1.67. The summed E-state index contributed by atoms with van der Waals surface area (Å²) < 4.78 is 17.6. The summed E-state index contributed by atoms with van der Waals surface area (Å²) in [5.74, 6) is -0.640. The van der Waals surface area contributed by atoms with Crippen LogP contribution in [0.5, 0.6) is 0 Å². The zero-order valence-corrected chi connectivity index (χ0v) is 17.7. The maximum absolute atomic E-state index is 13.0. The number of amides is 1. The largest absolute Gasteiger partial charge is 0.465 e. The number of ether oxygens (including phenoxy) is 1. The van der Waals surface area contributed by atoms with Gasteiger partial charge in [-0.05, 0) is 48.9 Å². The molecule has 0 radical (unpaired) electrons. The van der Waals surface area contributed by atoms with Crippen LogP contribution in [0.25, 0.3) is 0 Å². The van der Waals surface area contributed by atoms with Crippen LogP contribution in [0.2, 0.25) is 0 Å². The molecule has 0 fully saturated rings. The first-order chi connectivity index (χ1) is 14.9. The monoisotopic (exact) mass is 441 g/mol. The Morgan fingerprint density at radius 3 is 2.42 bits per heavy atom. The average molecular weight is 441 g/mol. The minimum absolute atomic E-state index is 0.143. The van der Waals surface area contributed by atoms with Gasteiger partial charge in [0.05, 0.1) is 19.1 Å². The van der Waals surface area contributed by atoms with Crippen LogP contribution in [-0.4, -0.2) is 29.0 Å². The van der Waals surface area contributed by atoms with Gasteiger partial charge in [0, 0.05) is 22.7 Å². The van der Waals surface area contributed by atoms with Gasteiger partial charge in [0.1, 0.15) is 5.82 Å². The predicted molar refractivity (Wildman–Crippen MR) is 116 cm³/mol. The molecule has 31 heavy (non-hydrogen) atoms. The van der Waals surface area contributed by atoms with Gasteiger partial charge in [0.2, 0.25) is 5.91 Å². The van der Waals surface area contributed by atoms with Gasteiger partial charge in [0.25, 0.3) is 5.56 Å². The molecule has 3 rings (SSSR count). The quantitative estimate of drug-likeness (QED) is 0.331. The number of nitrogens with zero attached hydrogens (tertiary/aromatic N) is 1. The lowest BCUT2D eigenvalue weighted by molar-refractivity contribution is -0.115. The molecule has 9 heteroatoms. The highest BCUT2D eigenvalue weighted by Crippen LogP contribution is 2.19. The summed E-state index contributed by atoms with van der Waals surface area (Å²) in [4.78, 5) is 43.3. The summed E-state index contributed by atoms with van der Waals surface area (Å²) in [6.07, 6.45) is -0.143. The highest BCUT2D eigenvalue weighted by atomic mass is 32.2. The van der Waals surface area contributed by atoms with Crippen LogP contribution in [0, 0.1) is 12.7 Å². The molecule has 1 heterocycles. The Bertz CT molecular complexity index is 1140. The summed E-state index contributed by atoms with van der Waals surface area (Å²) in [6, 6.07) is 12.3. The summed E-state index contributed by atoms with van der Waals surface area (Å²) in [5.41, 5.74) is 2.10. The number of nitrogens with one attached hydrogen (secondary N) is 2. The molecule has 1 aromatic heterocycles. The first-order valence-electron chi connectivity index (χ1n) is 9.31. The van der Waals surface area contributed by atoms with E-state index in [1.165, 1.54) is 43.1 Å². The van der Waals surface area contributed by atoms with Crippen molar-refractivity contribution in [1.29, 1.82) is 0 Å². The normalized spacial score (nSPS) is 10.5. The topological polar surface area (TPSA) is 101 Å². The van der Waals surface area contributed by atoms with Crippen molar-refractivity contribution in [1.82, 2.24) is 9.97 Å². The Hall–Kier alpha value is -3.46. The summed E-state index contributed by atoms with van der Waals surface area (Å²) >= 11 is 1.32. The number of aromatic amines is 1. The van der Waals surface area contributed by atoms with Gasteiger partial charge in [-0.1, -0.05) is 23.9 Å². The fraction of sp³-hybridized carbons (Fsp3) is 0.182. The number of anilines is 1. The Balaban J connectivity index is 1.63. The van der Waals surface area contributed by atoms with Gasteiger partial charge in [-0.15, -0.1) is 0 Å². The van der Waals surface area contributed by atoms with Gasteiger partial charge >= 0.3 is 5.97 Å². The number of H-pyrrole nitrogens is 1. The van der Waals surface area contributed by atoms with E-state index in [0.29, 0.717) is 27.9 Å². The number of esters is 1. The smallest absolute Gasteiger partial charge is 0.337 e. The first-order valence-corrected chi connectivity index (χ1v) is 10.3. The van der Waals surface area contributed by atoms with Crippen LogP contribution in [0.15, 0.2) is 58.5 Å². The Morgan fingerprint density at radius 2 is 1.81 bits per heavy atom. The predicted octanol–water partition coefficient (Wildman–Crippen LogP) is 3.48. The van der Waals surface area contributed by atoms with E-state index in [1.54, 1.807) is 31.2 Å². The van der Waals surface area contributed by atoms with Crippen molar-refractivity contribution < 1.29 is 18.7 Å². The highest BCUT2D eigenvalue weighted by molar-refractivity contribution is 7.98. The summed E-state index contributed by atoms with van der Waals surface area (Å²) in [7, 11) is 1.29. The maximum Gasteiger partial charge on any atom is 0.337 e. The van der Waals surface area contributed by atoms with Crippen molar-refractivity contribution in [2.75, 3.05) is 12.4 Å². The van der Waals surface area contributed by atoms with Gasteiger partial charge < -0.3 is 15.0 Å². The molecule has 7 nitrogen and oxygen atoms in total. The number of aromatic nitrogens is 2. The van der Waals surface area contributed by atoms with Crippen molar-refractivity contribution in [2.45, 2.75) is 24.3 Å². The zero-order chi connectivity index (χ0) is 22.4. The molecular weight excluding hydrogens is 421 g/mol. The van der Waals surface area contributed by atoms with Gasteiger partial charge in [-0.2, -0.15) is 0 Å². The minimum atomic E-state index is -0.469. The molecule has 0 aliphatic rings. The number of hydrogen-bond donors (Lipinski definition) is 2. The van der Waals surface area contributed by atoms with Crippen molar-refractivity contribution in [3.05, 3.63) is 87.1 Å². The molecule has 0 spiro atoms. The molecule has 1 amide bonds. The summed E-state index contributed by atoms with van der Waals surface area (Å²) in [5, 5.41) is 3.11. The number of benzene rings is 2. The third kappa shape index (κ3) is 6.02. The second-order valence-electron chi connectivity index (χ2n) is 6.64. The number of rotatable bonds is 7. The third-order valence-corrected chi connectivity index (χ3v) is 5.36. The third-order valence-electron chi connectivity index (χ3n) is 4.42. The van der Waals surface area contributed by atoms with Crippen molar-refractivity contribution in [3.63, 3.8) is 0 Å². The van der Waals surface area contributed by atoms with E-state index in [-0.39, 0.29) is 29.3 Å². The fourth-order valence-electron chi connectivity index (χ4n) is 2.77. The lowest BCUT2D eigenvalue weighted by Crippen LogP contribution is -2.23. The Kier molecular flexibility index (Phi) is 7.19. The van der Waals surface area contributed by atoms with Gasteiger partial charge in [0.15, 0.2) is 5.16 Å². The van der Waals surface area contributed by atoms with Gasteiger partial charge in [-0.3, -0.25) is 9.59 Å². The molecule has 0 saturated heterocycles. The SMILES string of the molecule is COC(=O)c1ccc(NC(=O)Cc2c(C)nc(SCc3ccc(F)cc3)[nH]c2=O)cc1. The van der Waals surface area contributed by atoms with E-state index in [9.17, 15) is 18.8 Å². The molecule has 0 aliphatic carbocycles. The Labute approximate surface area is 182 Å². The molecule has 0 aliphatic heterocycles. The number of carbonyl (C=O) groups excluding carboxylic acids is 2. The second kappa shape index (κ2) is 10.0. The number of aryl methyl sites for hydroxylation is 1. The lowest BCUT2D eigenvalue weighted by atomic mass is 10.1. The molecule has 3 aromatic rings. The molecule has 2 aromatic carbocycles. The Morgan fingerprint density at radius 1 is 1.13 bits per heavy atom. The van der Waals surface area contributed by atoms with Crippen LogP contribution < -0.4 is 10.9 Å². The number of halogens is 1. The van der Waals surface area contributed by atoms with Crippen LogP contribution in [0.1, 0.15) is 27.2 Å². The number of methoxy groups -OCH3 is 1. The van der Waals surface area contributed by atoms with E-state index >= 15 is 0 Å². The molecule has 0 bridgehead atoms. The molecular formula is C22H20FN3O4S. The molecule has 0 atom stereocenters. The van der Waals surface area contributed by atoms with Crippen LogP contribution >= 0.6 is 11.8 Å². The van der Waals surface area contributed by atoms with Crippen LogP contribution in [-0.2, 0) is 21.7 Å². The lowest BCUT2D eigenvalue weighted by Gasteiger charge is -2.09. The number of hydrogen-bond acceptors (Lipinski definition) is 6. The first kappa shape index (κ1) is 22.2. The van der Waals surface area contributed by atoms with Crippen molar-refractivity contribution in [3.8, 4) is 0 Å². The number of carbonyl (C=O) groups is 2. The maximum atomic E-state index is 13.0. The molecule has 0 unspecified atom stereocenters. The molecule has 2 N–H and O–H groups in total. The van der Waals surface area contributed by atoms with Crippen LogP contribution in [0.3, 0.4) is 0 Å². The van der Waals surface area contributed by atoms with E-state index in [1.807, 2.05) is 0 Å².